The molecule has 10 bridgehead atoms. The molecule has 14 saturated heterocycles. The summed E-state index contributed by atoms with van der Waals surface area (Å²) in [7, 11) is 1.35. The van der Waals surface area contributed by atoms with Gasteiger partial charge in [0.2, 0.25) is 11.6 Å². The molecule has 0 aromatic carbocycles. The number of hydrogen-bond acceptors (Lipinski definition) is 20. The van der Waals surface area contributed by atoms with Crippen LogP contribution in [-0.4, -0.2) is 203 Å². The van der Waals surface area contributed by atoms with Crippen LogP contribution >= 0.6 is 0 Å². The van der Waals surface area contributed by atoms with Gasteiger partial charge in [0, 0.05) is 70.8 Å². The maximum atomic E-state index is 14.6. The highest BCUT2D eigenvalue weighted by Gasteiger charge is 2.72. The highest BCUT2D eigenvalue weighted by atomic mass is 16.8. The van der Waals surface area contributed by atoms with Gasteiger partial charge < -0.3 is 91.5 Å². The monoisotopic (exact) mass is 1140 g/mol. The minimum Gasteiger partial charge on any atom is -0.481 e. The van der Waals surface area contributed by atoms with E-state index in [9.17, 15) is 30.0 Å². The van der Waals surface area contributed by atoms with Crippen LogP contribution in [0.3, 0.4) is 0 Å². The van der Waals surface area contributed by atoms with Crippen molar-refractivity contribution < 1.29 is 101 Å². The van der Waals surface area contributed by atoms with Crippen molar-refractivity contribution in [3.05, 3.63) is 24.3 Å². The first-order chi connectivity index (χ1) is 38.7. The van der Waals surface area contributed by atoms with E-state index in [-0.39, 0.29) is 110 Å². The fourth-order valence-electron chi connectivity index (χ4n) is 17.8. The first-order valence-corrected chi connectivity index (χ1v) is 30.8. The van der Waals surface area contributed by atoms with Crippen molar-refractivity contribution in [2.24, 2.45) is 23.7 Å². The van der Waals surface area contributed by atoms with E-state index in [0.717, 1.165) is 24.0 Å². The Morgan fingerprint density at radius 3 is 2.07 bits per heavy atom. The summed E-state index contributed by atoms with van der Waals surface area (Å²) in [6, 6.07) is 0. The summed E-state index contributed by atoms with van der Waals surface area (Å²) in [6.07, 6.45) is -4.14. The molecule has 16 unspecified atom stereocenters. The number of fused-ring (bicyclic) bond motifs is 13. The average Bonchev–Trinajstić information content (AvgIpc) is 3.42. The molecule has 0 aliphatic carbocycles. The number of aliphatic hydroxyl groups excluding tert-OH is 2. The minimum atomic E-state index is -2.08. The van der Waals surface area contributed by atoms with Crippen molar-refractivity contribution in [1.29, 1.82) is 0 Å². The lowest BCUT2D eigenvalue weighted by Crippen LogP contribution is -2.64. The Labute approximate surface area is 473 Å². The van der Waals surface area contributed by atoms with Gasteiger partial charge in [-0.05, 0) is 73.8 Å². The average molecular weight is 1140 g/mol. The molecular weight excluding hydrogens is 1060 g/mol. The van der Waals surface area contributed by atoms with E-state index in [1.54, 1.807) is 0 Å². The molecule has 0 saturated carbocycles. The van der Waals surface area contributed by atoms with Crippen LogP contribution in [0.25, 0.3) is 0 Å². The number of carboxylic acid groups (broad SMARTS) is 1. The second-order valence-corrected chi connectivity index (χ2v) is 27.3. The van der Waals surface area contributed by atoms with E-state index < -0.39 is 114 Å². The van der Waals surface area contributed by atoms with E-state index >= 15 is 0 Å². The maximum absolute atomic E-state index is 14.6. The van der Waals surface area contributed by atoms with Gasteiger partial charge in [0.25, 0.3) is 0 Å². The largest absolute Gasteiger partial charge is 0.481 e. The van der Waals surface area contributed by atoms with Crippen molar-refractivity contribution >= 4 is 11.9 Å². The van der Waals surface area contributed by atoms with Crippen LogP contribution < -0.4 is 0 Å². The van der Waals surface area contributed by atoms with Gasteiger partial charge in [0.05, 0.1) is 129 Å². The van der Waals surface area contributed by atoms with Gasteiger partial charge in [0.15, 0.2) is 17.7 Å². The van der Waals surface area contributed by atoms with Gasteiger partial charge in [0.1, 0.15) is 18.3 Å². The van der Waals surface area contributed by atoms with Gasteiger partial charge in [-0.3, -0.25) is 9.59 Å². The zero-order valence-electron chi connectivity index (χ0n) is 47.5. The third kappa shape index (κ3) is 9.85. The van der Waals surface area contributed by atoms with Gasteiger partial charge in [-0.1, -0.05) is 40.9 Å². The molecule has 452 valence electrons. The molecule has 0 aromatic rings. The molecule has 0 amide bonds. The third-order valence-corrected chi connectivity index (χ3v) is 21.8. The molecule has 14 rings (SSSR count). The Bertz CT molecular complexity index is 2430. The molecule has 4 N–H and O–H groups in total. The predicted octanol–water partition coefficient (Wildman–Crippen LogP) is 4.59. The second-order valence-electron chi connectivity index (χ2n) is 27.3. The first kappa shape index (κ1) is 56.5. The highest BCUT2D eigenvalue weighted by Crippen LogP contribution is 2.57. The van der Waals surface area contributed by atoms with E-state index in [1.165, 1.54) is 7.11 Å². The van der Waals surface area contributed by atoms with E-state index in [4.69, 9.17) is 71.1 Å². The van der Waals surface area contributed by atoms with Crippen LogP contribution in [0.1, 0.15) is 143 Å². The zero-order valence-corrected chi connectivity index (χ0v) is 47.5. The van der Waals surface area contributed by atoms with Gasteiger partial charge in [-0.2, -0.15) is 0 Å². The number of rotatable bonds is 3. The molecule has 14 aliphatic heterocycles. The normalized spacial score (nSPS) is 56.8. The molecule has 21 heteroatoms. The van der Waals surface area contributed by atoms with Gasteiger partial charge in [-0.25, -0.2) is 0 Å². The van der Waals surface area contributed by atoms with Gasteiger partial charge >= 0.3 is 11.9 Å². The fraction of sp³-hybridized carbons (Fsp3) is 0.900. The number of carboxylic acids is 1. The Morgan fingerprint density at radius 2 is 1.27 bits per heavy atom. The predicted molar refractivity (Wildman–Crippen MR) is 278 cm³/mol. The lowest BCUT2D eigenvalue weighted by Gasteiger charge is -2.54. The second kappa shape index (κ2) is 21.0. The van der Waals surface area contributed by atoms with Crippen LogP contribution in [0.15, 0.2) is 24.3 Å². The number of ether oxygens (including phenoxy) is 15. The van der Waals surface area contributed by atoms with E-state index in [2.05, 4.69) is 40.9 Å². The van der Waals surface area contributed by atoms with Gasteiger partial charge in [-0.15, -0.1) is 0 Å². The summed E-state index contributed by atoms with van der Waals surface area (Å²) in [5.74, 6) is -7.14. The number of aliphatic carboxylic acids is 1. The minimum absolute atomic E-state index is 0.00604. The molecule has 0 radical (unpaired) electrons. The molecule has 3 spiro atoms. The molecule has 14 heterocycles. The van der Waals surface area contributed by atoms with Crippen LogP contribution in [0, 0.1) is 23.7 Å². The number of esters is 1. The highest BCUT2D eigenvalue weighted by molar-refractivity contribution is 5.70. The summed E-state index contributed by atoms with van der Waals surface area (Å²) in [6.45, 7) is 17.5. The zero-order chi connectivity index (χ0) is 56.2. The topological polar surface area (TPSA) is 254 Å². The third-order valence-electron chi connectivity index (χ3n) is 21.8. The van der Waals surface area contributed by atoms with Crippen LogP contribution in [0.4, 0.5) is 0 Å². The SMILES string of the molecule is C=C1CC2CC[C@@]34OC5CC(OC6CCC(CC(=O)OC7[C@H](CC8OC(CCC1O2)C[C@@H](C)C8=C)O[C@H]1C[C@H]2O[C@@]8(CC9OC%10(C[C@H](C)C%11O[C@H](CC(=O)O)[C@H](O)CC%11O%10)C[C@H](C)C9O8)C[C@H]2O[C@H]1[C@@H]7C)O[C@@H]65)C(O3)[C@](O)(OC)C4O. The fourth-order valence-corrected chi connectivity index (χ4v) is 17.8. The number of carbonyl (C=O) groups excluding carboxylic acids is 1. The Balaban J connectivity index is 0.693. The summed E-state index contributed by atoms with van der Waals surface area (Å²) < 4.78 is 101. The molecule has 31 atom stereocenters. The smallest absolute Gasteiger partial charge is 0.308 e. The number of carbonyl (C=O) groups is 2. The Morgan fingerprint density at radius 1 is 0.593 bits per heavy atom. The summed E-state index contributed by atoms with van der Waals surface area (Å²) in [4.78, 5) is 26.1. The maximum Gasteiger partial charge on any atom is 0.308 e. The Kier molecular flexibility index (Phi) is 14.6. The summed E-state index contributed by atoms with van der Waals surface area (Å²) in [5, 5.41) is 44.2. The summed E-state index contributed by atoms with van der Waals surface area (Å²) in [5.41, 5.74) is 1.98. The van der Waals surface area contributed by atoms with Crippen molar-refractivity contribution in [2.45, 2.75) is 307 Å². The Hall–Kier alpha value is -2.26. The summed E-state index contributed by atoms with van der Waals surface area (Å²) >= 11 is 0. The van der Waals surface area contributed by atoms with Crippen LogP contribution in [0.2, 0.25) is 0 Å². The standard InChI is InChI=1S/C60H86O21/c1-26-14-32-8-10-36-27(2)15-34(68-36)12-13-59-56(65)60(66,67-7)55(81-59)45-20-44(79-59)54-37(71-45)11-9-33(70-54)16-49(64)75-53-31(6)52-42(72-41(53)18-38(69-32)30(26)5)19-40-46(74-52)24-58(76-40)25-47-51(80-58)29(4)23-57(78-47)22-28(3)50-43(77-57)17-35(61)39(73-50)21-48(62)63/h26,28-29,31-47,50-56,61,65-66H,2,5,8-25H2,1,3-4,6-7H3,(H,62,63)/t26-,28+,29+,31+,32?,33?,34?,35-,36?,37?,38?,39-,40-,41+,42+,43?,44?,45?,46-,47?,50?,51?,52+,53?,54+,55?,56?,57?,58+,59-,60+/m1/s1. The van der Waals surface area contributed by atoms with Crippen LogP contribution in [-0.2, 0) is 80.6 Å². The van der Waals surface area contributed by atoms with E-state index in [1.807, 2.05) is 0 Å². The number of hydrogen-bond donors (Lipinski definition) is 4. The van der Waals surface area contributed by atoms with Crippen molar-refractivity contribution in [3.8, 4) is 0 Å². The lowest BCUT2D eigenvalue weighted by atomic mass is 9.78. The molecule has 14 fully saturated rings. The first-order valence-electron chi connectivity index (χ1n) is 30.8. The van der Waals surface area contributed by atoms with Crippen molar-refractivity contribution in [1.82, 2.24) is 0 Å². The molecule has 21 nitrogen and oxygen atoms in total. The number of methoxy groups -OCH3 is 1. The molecule has 0 aromatic heterocycles. The lowest BCUT2D eigenvalue weighted by molar-refractivity contribution is -0.371. The quantitative estimate of drug-likeness (QED) is 0.171. The molecular formula is C60H86O21. The molecule has 14 aliphatic rings. The van der Waals surface area contributed by atoms with Crippen LogP contribution in [0.5, 0.6) is 0 Å². The molecule has 81 heavy (non-hydrogen) atoms. The number of aliphatic hydroxyl groups is 3. The van der Waals surface area contributed by atoms with Crippen molar-refractivity contribution in [2.75, 3.05) is 7.11 Å². The van der Waals surface area contributed by atoms with Crippen molar-refractivity contribution in [3.63, 3.8) is 0 Å². The van der Waals surface area contributed by atoms with E-state index in [0.29, 0.717) is 77.0 Å².